The first-order chi connectivity index (χ1) is 16.2. The van der Waals surface area contributed by atoms with Gasteiger partial charge in [-0.15, -0.1) is 12.4 Å². The van der Waals surface area contributed by atoms with Crippen molar-refractivity contribution in [3.63, 3.8) is 0 Å². The first-order valence-electron chi connectivity index (χ1n) is 11.2. The normalized spacial score (nSPS) is 15.8. The summed E-state index contributed by atoms with van der Waals surface area (Å²) in [6.45, 7) is 2.90. The molecule has 1 aliphatic heterocycles. The smallest absolute Gasteiger partial charge is 0.278 e. The zero-order chi connectivity index (χ0) is 22.8. The standard InChI is InChI=1S/C24H26N8O.ClH/c25-14-20-21-22(24(33)30(17-27-21)12-13-31-11-5-9-28-31)32(15-18-6-2-1-3-7-18)23(20)29-10-4-8-19(26)16-29;/h1-3,5-7,9,11,17,19H,4,8,10,12-13,15-16,26H2;1H/t19-;/m0./s1. The number of aryl methyl sites for hydroxylation is 2. The first-order valence-corrected chi connectivity index (χ1v) is 11.2. The van der Waals surface area contributed by atoms with Crippen LogP contribution in [-0.4, -0.2) is 43.0 Å². The first kappa shape index (κ1) is 23.5. The Morgan fingerprint density at radius 1 is 1.18 bits per heavy atom. The molecule has 0 aliphatic carbocycles. The van der Waals surface area contributed by atoms with E-state index in [1.807, 2.05) is 47.2 Å². The van der Waals surface area contributed by atoms with E-state index in [4.69, 9.17) is 5.73 Å². The van der Waals surface area contributed by atoms with Crippen LogP contribution in [-0.2, 0) is 19.6 Å². The molecule has 0 radical (unpaired) electrons. The van der Waals surface area contributed by atoms with Crippen LogP contribution in [0.2, 0.25) is 0 Å². The molecule has 1 aromatic carbocycles. The molecule has 1 fully saturated rings. The molecule has 4 heterocycles. The van der Waals surface area contributed by atoms with E-state index in [0.29, 0.717) is 42.8 Å². The molecule has 176 valence electrons. The summed E-state index contributed by atoms with van der Waals surface area (Å²) in [5.74, 6) is 0.737. The van der Waals surface area contributed by atoms with Crippen molar-refractivity contribution in [2.24, 2.45) is 5.73 Å². The fraction of sp³-hybridized carbons (Fsp3) is 0.333. The number of hydrogen-bond donors (Lipinski definition) is 1. The van der Waals surface area contributed by atoms with Crippen LogP contribution < -0.4 is 16.2 Å². The monoisotopic (exact) mass is 478 g/mol. The van der Waals surface area contributed by atoms with Crippen molar-refractivity contribution in [3.05, 3.63) is 76.6 Å². The van der Waals surface area contributed by atoms with E-state index in [1.165, 1.54) is 6.33 Å². The van der Waals surface area contributed by atoms with Gasteiger partial charge in [0.1, 0.15) is 28.5 Å². The van der Waals surface area contributed by atoms with Gasteiger partial charge in [0.2, 0.25) is 0 Å². The largest absolute Gasteiger partial charge is 0.355 e. The third kappa shape index (κ3) is 4.42. The predicted octanol–water partition coefficient (Wildman–Crippen LogP) is 2.36. The molecule has 0 saturated carbocycles. The van der Waals surface area contributed by atoms with Crippen molar-refractivity contribution < 1.29 is 0 Å². The fourth-order valence-electron chi connectivity index (χ4n) is 4.61. The Morgan fingerprint density at radius 2 is 2.00 bits per heavy atom. The average Bonchev–Trinajstić information content (AvgIpc) is 3.45. The molecule has 4 aromatic rings. The van der Waals surface area contributed by atoms with E-state index in [-0.39, 0.29) is 24.0 Å². The summed E-state index contributed by atoms with van der Waals surface area (Å²) in [6, 6.07) is 14.2. The highest BCUT2D eigenvalue weighted by atomic mass is 35.5. The maximum atomic E-state index is 13.6. The molecule has 3 aromatic heterocycles. The minimum Gasteiger partial charge on any atom is -0.355 e. The van der Waals surface area contributed by atoms with Gasteiger partial charge in [-0.05, 0) is 24.5 Å². The van der Waals surface area contributed by atoms with Crippen LogP contribution in [0.25, 0.3) is 11.0 Å². The Balaban J connectivity index is 0.00000274. The lowest BCUT2D eigenvalue weighted by Crippen LogP contribution is -2.44. The summed E-state index contributed by atoms with van der Waals surface area (Å²) < 4.78 is 5.33. The number of halogens is 1. The van der Waals surface area contributed by atoms with Gasteiger partial charge in [0.05, 0.1) is 12.9 Å². The highest BCUT2D eigenvalue weighted by Crippen LogP contribution is 2.32. The second-order valence-electron chi connectivity index (χ2n) is 8.44. The topological polar surface area (TPSA) is 111 Å². The van der Waals surface area contributed by atoms with Gasteiger partial charge in [0.15, 0.2) is 0 Å². The van der Waals surface area contributed by atoms with Gasteiger partial charge in [0, 0.05) is 44.6 Å². The van der Waals surface area contributed by atoms with Gasteiger partial charge < -0.3 is 15.2 Å². The number of benzene rings is 1. The molecule has 0 spiro atoms. The molecular weight excluding hydrogens is 452 g/mol. The van der Waals surface area contributed by atoms with Crippen molar-refractivity contribution in [2.75, 3.05) is 18.0 Å². The SMILES string of the molecule is Cl.N#Cc1c(N2CCC[C@H](N)C2)n(Cc2ccccc2)c2c(=O)n(CCn3cccn3)cnc12. The molecular formula is C24H27ClN8O. The molecule has 10 heteroatoms. The molecule has 0 amide bonds. The second-order valence-corrected chi connectivity index (χ2v) is 8.44. The fourth-order valence-corrected chi connectivity index (χ4v) is 4.61. The van der Waals surface area contributed by atoms with E-state index in [1.54, 1.807) is 15.4 Å². The molecule has 34 heavy (non-hydrogen) atoms. The van der Waals surface area contributed by atoms with Gasteiger partial charge in [0.25, 0.3) is 5.56 Å². The summed E-state index contributed by atoms with van der Waals surface area (Å²) in [5.41, 5.74) is 8.49. The number of anilines is 1. The minimum atomic E-state index is -0.160. The Kier molecular flexibility index (Phi) is 7.01. The summed E-state index contributed by atoms with van der Waals surface area (Å²) in [6.07, 6.45) is 7.01. The van der Waals surface area contributed by atoms with Crippen molar-refractivity contribution >= 4 is 29.3 Å². The Labute approximate surface area is 203 Å². The number of nitriles is 1. The number of rotatable bonds is 6. The molecule has 0 unspecified atom stereocenters. The Hall–Kier alpha value is -3.61. The molecule has 2 N–H and O–H groups in total. The summed E-state index contributed by atoms with van der Waals surface area (Å²) in [4.78, 5) is 20.4. The van der Waals surface area contributed by atoms with Crippen LogP contribution in [0.3, 0.4) is 0 Å². The number of hydrogen-bond acceptors (Lipinski definition) is 6. The molecule has 5 rings (SSSR count). The van der Waals surface area contributed by atoms with Crippen LogP contribution in [0.5, 0.6) is 0 Å². The second kappa shape index (κ2) is 10.1. The van der Waals surface area contributed by atoms with Crippen LogP contribution in [0.1, 0.15) is 24.0 Å². The van der Waals surface area contributed by atoms with Crippen LogP contribution >= 0.6 is 12.4 Å². The lowest BCUT2D eigenvalue weighted by atomic mass is 10.1. The third-order valence-corrected chi connectivity index (χ3v) is 6.18. The van der Waals surface area contributed by atoms with Crippen molar-refractivity contribution in [2.45, 2.75) is 38.5 Å². The highest BCUT2D eigenvalue weighted by molar-refractivity contribution is 5.89. The van der Waals surface area contributed by atoms with Crippen LogP contribution in [0.4, 0.5) is 5.82 Å². The molecule has 1 aliphatic rings. The van der Waals surface area contributed by atoms with E-state index < -0.39 is 0 Å². The van der Waals surface area contributed by atoms with Gasteiger partial charge >= 0.3 is 0 Å². The average molecular weight is 479 g/mol. The Bertz CT molecular complexity index is 1350. The number of aromatic nitrogens is 5. The number of piperidine rings is 1. The van der Waals surface area contributed by atoms with Gasteiger partial charge in [-0.3, -0.25) is 14.0 Å². The summed E-state index contributed by atoms with van der Waals surface area (Å²) in [7, 11) is 0. The van der Waals surface area contributed by atoms with E-state index in [0.717, 1.165) is 30.8 Å². The summed E-state index contributed by atoms with van der Waals surface area (Å²) in [5, 5.41) is 14.3. The van der Waals surface area contributed by atoms with E-state index in [9.17, 15) is 10.1 Å². The number of fused-ring (bicyclic) bond motifs is 1. The predicted molar refractivity (Wildman–Crippen MR) is 133 cm³/mol. The lowest BCUT2D eigenvalue weighted by Gasteiger charge is -2.33. The highest BCUT2D eigenvalue weighted by Gasteiger charge is 2.28. The molecule has 1 atom stereocenters. The lowest BCUT2D eigenvalue weighted by molar-refractivity contribution is 0.498. The maximum absolute atomic E-state index is 13.6. The van der Waals surface area contributed by atoms with Gasteiger partial charge in [-0.1, -0.05) is 30.3 Å². The van der Waals surface area contributed by atoms with Crippen LogP contribution in [0, 0.1) is 11.3 Å². The Morgan fingerprint density at radius 3 is 2.71 bits per heavy atom. The zero-order valence-electron chi connectivity index (χ0n) is 18.7. The number of nitrogens with two attached hydrogens (primary N) is 1. The van der Waals surface area contributed by atoms with Crippen molar-refractivity contribution in [3.8, 4) is 6.07 Å². The molecule has 0 bridgehead atoms. The summed E-state index contributed by atoms with van der Waals surface area (Å²) >= 11 is 0. The maximum Gasteiger partial charge on any atom is 0.278 e. The van der Waals surface area contributed by atoms with Gasteiger partial charge in [-0.2, -0.15) is 10.4 Å². The van der Waals surface area contributed by atoms with E-state index in [2.05, 4.69) is 21.1 Å². The third-order valence-electron chi connectivity index (χ3n) is 6.18. The van der Waals surface area contributed by atoms with Gasteiger partial charge in [-0.25, -0.2) is 4.98 Å². The van der Waals surface area contributed by atoms with E-state index >= 15 is 0 Å². The number of nitrogens with zero attached hydrogens (tertiary/aromatic N) is 7. The molecule has 1 saturated heterocycles. The minimum absolute atomic E-state index is 0. The van der Waals surface area contributed by atoms with Crippen molar-refractivity contribution in [1.29, 1.82) is 5.26 Å². The molecule has 9 nitrogen and oxygen atoms in total. The van der Waals surface area contributed by atoms with Crippen LogP contribution in [0.15, 0.2) is 59.9 Å². The quantitative estimate of drug-likeness (QED) is 0.455. The van der Waals surface area contributed by atoms with Crippen molar-refractivity contribution in [1.82, 2.24) is 23.9 Å². The zero-order valence-corrected chi connectivity index (χ0v) is 19.6.